The number of nitrogens with zero attached hydrogens (tertiary/aromatic N) is 1. The molecule has 1 fully saturated rings. The molecular weight excluding hydrogens is 425 g/mol. The van der Waals surface area contributed by atoms with E-state index >= 15 is 0 Å². The van der Waals surface area contributed by atoms with Gasteiger partial charge in [-0.1, -0.05) is 30.3 Å². The van der Waals surface area contributed by atoms with Crippen LogP contribution in [0.25, 0.3) is 0 Å². The fourth-order valence-corrected chi connectivity index (χ4v) is 4.55. The van der Waals surface area contributed by atoms with Gasteiger partial charge in [-0.25, -0.2) is 0 Å². The smallest absolute Gasteiger partial charge is 0.416 e. The minimum absolute atomic E-state index is 0. The summed E-state index contributed by atoms with van der Waals surface area (Å²) in [5.41, 5.74) is 1.42. The van der Waals surface area contributed by atoms with Crippen LogP contribution in [0.5, 0.6) is 5.75 Å². The first kappa shape index (κ1) is 25.6. The molecule has 0 bridgehead atoms. The van der Waals surface area contributed by atoms with Crippen molar-refractivity contribution in [2.24, 2.45) is 5.92 Å². The van der Waals surface area contributed by atoms with E-state index < -0.39 is 11.7 Å². The summed E-state index contributed by atoms with van der Waals surface area (Å²) < 4.78 is 46.7. The van der Waals surface area contributed by atoms with E-state index in [1.54, 1.807) is 0 Å². The molecule has 0 unspecified atom stereocenters. The molecule has 3 rings (SSSR count). The van der Waals surface area contributed by atoms with Gasteiger partial charge in [0.15, 0.2) is 0 Å². The number of aryl methyl sites for hydroxylation is 1. The lowest BCUT2D eigenvalue weighted by Gasteiger charge is -2.21. The fraction of sp³-hybridized carbons (Fsp3) is 0.556. The van der Waals surface area contributed by atoms with E-state index in [0.29, 0.717) is 24.6 Å². The van der Waals surface area contributed by atoms with E-state index in [4.69, 9.17) is 4.74 Å². The maximum absolute atomic E-state index is 13.6. The summed E-state index contributed by atoms with van der Waals surface area (Å²) in [6.45, 7) is 2.50. The van der Waals surface area contributed by atoms with Crippen molar-refractivity contribution in [3.8, 4) is 5.75 Å². The first-order valence-corrected chi connectivity index (χ1v) is 12.1. The predicted molar refractivity (Wildman–Crippen MR) is 130 cm³/mol. The Balaban J connectivity index is 0.00000408. The van der Waals surface area contributed by atoms with Gasteiger partial charge in [0.05, 0.1) is 5.56 Å². The summed E-state index contributed by atoms with van der Waals surface area (Å²) in [5, 5.41) is 3.20. The minimum Gasteiger partial charge on any atom is -0.489 e. The zero-order valence-electron chi connectivity index (χ0n) is 19.8. The highest BCUT2D eigenvalue weighted by Crippen LogP contribution is 2.34. The fourth-order valence-electron chi connectivity index (χ4n) is 4.55. The monoisotopic (exact) mass is 464 g/mol. The Kier molecular flexibility index (Phi) is 9.63. The Hall–Kier alpha value is -2.05. The number of ether oxygens (including phenoxy) is 1. The first-order chi connectivity index (χ1) is 15.8. The lowest BCUT2D eigenvalue weighted by atomic mass is 9.88. The van der Waals surface area contributed by atoms with Gasteiger partial charge in [0, 0.05) is 7.97 Å². The molecule has 1 N–H and O–H groups in total. The van der Waals surface area contributed by atoms with Crippen LogP contribution in [-0.2, 0) is 19.0 Å². The van der Waals surface area contributed by atoms with Crippen LogP contribution < -0.4 is 10.1 Å². The molecule has 0 radical (unpaired) electrons. The van der Waals surface area contributed by atoms with Gasteiger partial charge >= 0.3 is 6.18 Å². The topological polar surface area (TPSA) is 24.5 Å². The molecule has 0 aromatic heterocycles. The summed E-state index contributed by atoms with van der Waals surface area (Å²) in [6.07, 6.45) is 2.10. The molecule has 33 heavy (non-hydrogen) atoms. The van der Waals surface area contributed by atoms with Crippen molar-refractivity contribution < 1.29 is 19.3 Å². The van der Waals surface area contributed by atoms with Gasteiger partial charge in [-0.3, -0.25) is 0 Å². The molecule has 0 saturated carbocycles. The van der Waals surface area contributed by atoms with Crippen LogP contribution in [0.15, 0.2) is 48.5 Å². The number of nitrogens with one attached hydrogen (secondary N) is 1. The Morgan fingerprint density at radius 3 is 2.48 bits per heavy atom. The Morgan fingerprint density at radius 2 is 1.82 bits per heavy atom. The molecular formula is C27H39F3N2O. The molecule has 1 saturated heterocycles. The maximum atomic E-state index is 13.6. The second kappa shape index (κ2) is 12.4. The second-order valence-electron chi connectivity index (χ2n) is 9.49. The van der Waals surface area contributed by atoms with Crippen LogP contribution in [0, 0.1) is 5.92 Å². The van der Waals surface area contributed by atoms with Crippen molar-refractivity contribution in [2.45, 2.75) is 57.2 Å². The average Bonchev–Trinajstić information content (AvgIpc) is 3.26. The van der Waals surface area contributed by atoms with Crippen LogP contribution in [-0.4, -0.2) is 44.7 Å². The summed E-state index contributed by atoms with van der Waals surface area (Å²) in [6, 6.07) is 14.7. The zero-order valence-corrected chi connectivity index (χ0v) is 19.8. The van der Waals surface area contributed by atoms with Crippen LogP contribution >= 0.6 is 0 Å². The third-order valence-electron chi connectivity index (χ3n) is 6.27. The van der Waals surface area contributed by atoms with Gasteiger partial charge in [-0.05, 0) is 107 Å². The highest BCUT2D eigenvalue weighted by molar-refractivity contribution is 5.36. The van der Waals surface area contributed by atoms with Gasteiger partial charge in [-0.2, -0.15) is 13.2 Å². The number of alkyl halides is 3. The first-order valence-electron chi connectivity index (χ1n) is 12.1. The van der Waals surface area contributed by atoms with Crippen LogP contribution in [0.3, 0.4) is 0 Å². The SMILES string of the molecule is CN(C)CCC[C@@H](CCCc1ccccc1)Cc1cc(O[C@H]2CCNC2)cc(C(F)(F)F)c1.[HH]. The lowest BCUT2D eigenvalue weighted by Crippen LogP contribution is -2.20. The minimum atomic E-state index is -4.38. The summed E-state index contributed by atoms with van der Waals surface area (Å²) in [7, 11) is 4.11. The Labute approximate surface area is 197 Å². The van der Waals surface area contributed by atoms with Crippen molar-refractivity contribution in [3.05, 3.63) is 65.2 Å². The van der Waals surface area contributed by atoms with Gasteiger partial charge in [-0.15, -0.1) is 0 Å². The molecule has 1 aliphatic rings. The van der Waals surface area contributed by atoms with Crippen molar-refractivity contribution >= 4 is 0 Å². The van der Waals surface area contributed by atoms with E-state index in [-0.39, 0.29) is 7.53 Å². The standard InChI is InChI=1S/C27H37F3N2O.H2/c1-32(2)15-7-12-22(11-6-10-21-8-4-3-5-9-21)16-23-17-24(27(28,29)30)19-26(18-23)33-25-13-14-31-20-25;/h3-5,8-9,17-19,22,25,31H,6-7,10-16,20H2,1-2H3;1H/t22-,25+;/m1./s1. The summed E-state index contributed by atoms with van der Waals surface area (Å²) in [5.74, 6) is 0.683. The van der Waals surface area contributed by atoms with Crippen LogP contribution in [0.1, 0.15) is 50.2 Å². The normalized spacial score (nSPS) is 17.5. The van der Waals surface area contributed by atoms with Crippen LogP contribution in [0.2, 0.25) is 0 Å². The molecule has 1 heterocycles. The van der Waals surface area contributed by atoms with E-state index in [1.807, 2.05) is 24.3 Å². The van der Waals surface area contributed by atoms with E-state index in [9.17, 15) is 13.2 Å². The summed E-state index contributed by atoms with van der Waals surface area (Å²) in [4.78, 5) is 2.16. The third kappa shape index (κ3) is 9.01. The average molecular weight is 465 g/mol. The molecule has 0 amide bonds. The third-order valence-corrected chi connectivity index (χ3v) is 6.27. The number of hydrogen-bond donors (Lipinski definition) is 1. The molecule has 2 aromatic carbocycles. The van der Waals surface area contributed by atoms with E-state index in [1.165, 1.54) is 11.6 Å². The molecule has 6 heteroatoms. The quantitative estimate of drug-likeness (QED) is 0.404. The van der Waals surface area contributed by atoms with Crippen molar-refractivity contribution in [1.82, 2.24) is 10.2 Å². The molecule has 1 aliphatic heterocycles. The number of halogens is 3. The molecule has 0 spiro atoms. The van der Waals surface area contributed by atoms with Crippen molar-refractivity contribution in [3.63, 3.8) is 0 Å². The molecule has 2 aromatic rings. The highest BCUT2D eigenvalue weighted by Gasteiger charge is 2.32. The maximum Gasteiger partial charge on any atom is 0.416 e. The number of benzene rings is 2. The zero-order chi connectivity index (χ0) is 23.7. The molecule has 2 atom stereocenters. The molecule has 0 aliphatic carbocycles. The van der Waals surface area contributed by atoms with Crippen molar-refractivity contribution in [1.29, 1.82) is 0 Å². The second-order valence-corrected chi connectivity index (χ2v) is 9.49. The van der Waals surface area contributed by atoms with Crippen molar-refractivity contribution in [2.75, 3.05) is 33.7 Å². The van der Waals surface area contributed by atoms with Crippen LogP contribution in [0.4, 0.5) is 13.2 Å². The lowest BCUT2D eigenvalue weighted by molar-refractivity contribution is -0.137. The predicted octanol–water partition coefficient (Wildman–Crippen LogP) is 6.22. The van der Waals surface area contributed by atoms with Gasteiger partial charge in [0.25, 0.3) is 0 Å². The van der Waals surface area contributed by atoms with E-state index in [2.05, 4.69) is 36.4 Å². The summed E-state index contributed by atoms with van der Waals surface area (Å²) >= 11 is 0. The highest BCUT2D eigenvalue weighted by atomic mass is 19.4. The number of rotatable bonds is 12. The van der Waals surface area contributed by atoms with Gasteiger partial charge in [0.2, 0.25) is 0 Å². The Morgan fingerprint density at radius 1 is 1.06 bits per heavy atom. The largest absolute Gasteiger partial charge is 0.489 e. The van der Waals surface area contributed by atoms with Gasteiger partial charge < -0.3 is 15.0 Å². The number of hydrogen-bond acceptors (Lipinski definition) is 3. The Bertz CT molecular complexity index is 840. The molecule has 3 nitrogen and oxygen atoms in total. The van der Waals surface area contributed by atoms with E-state index in [0.717, 1.165) is 63.2 Å². The molecule has 184 valence electrons. The van der Waals surface area contributed by atoms with Gasteiger partial charge in [0.1, 0.15) is 11.9 Å².